The zero-order valence-corrected chi connectivity index (χ0v) is 22.9. The van der Waals surface area contributed by atoms with Gasteiger partial charge in [-0.1, -0.05) is 51.4 Å². The van der Waals surface area contributed by atoms with Gasteiger partial charge in [0.05, 0.1) is 12.2 Å². The molecule has 1 aliphatic carbocycles. The van der Waals surface area contributed by atoms with Gasteiger partial charge in [-0.15, -0.1) is 0 Å². The monoisotopic (exact) mass is 528 g/mol. The van der Waals surface area contributed by atoms with Crippen LogP contribution in [0, 0.1) is 0 Å². The summed E-state index contributed by atoms with van der Waals surface area (Å²) in [6.45, 7) is 1.02. The molecule has 35 heavy (non-hydrogen) atoms. The number of nitrogens with two attached hydrogens (primary N) is 4. The van der Waals surface area contributed by atoms with Crippen molar-refractivity contribution in [2.24, 2.45) is 32.9 Å². The fraction of sp³-hybridized carbons (Fsp3) is 0.909. The highest BCUT2D eigenvalue weighted by molar-refractivity contribution is 6.76. The Hall–Kier alpha value is -1.23. The molecule has 3 saturated heterocycles. The quantitative estimate of drug-likeness (QED) is 0.158. The SMILES string of the molecule is NC(N)=NCCC[Si]12OC3CCCCCCCCCCC4O[Si](CCCN=C(N)N)(OC4C3O1)O2. The molecule has 1 saturated carbocycles. The molecular weight excluding hydrogens is 484 g/mol. The first-order chi connectivity index (χ1) is 16.9. The van der Waals surface area contributed by atoms with Crippen molar-refractivity contribution in [2.45, 2.75) is 114 Å². The maximum Gasteiger partial charge on any atom is 0.494 e. The summed E-state index contributed by atoms with van der Waals surface area (Å²) in [5.74, 6) is 0.179. The van der Waals surface area contributed by atoms with E-state index in [1.54, 1.807) is 0 Å². The molecule has 11 nitrogen and oxygen atoms in total. The first-order valence-corrected chi connectivity index (χ1v) is 17.3. The third-order valence-corrected chi connectivity index (χ3v) is 14.3. The molecule has 0 radical (unpaired) electrons. The summed E-state index contributed by atoms with van der Waals surface area (Å²) in [4.78, 5) is 8.27. The topological polar surface area (TPSA) is 175 Å². The molecule has 0 amide bonds. The lowest BCUT2D eigenvalue weighted by atomic mass is 9.94. The van der Waals surface area contributed by atoms with Crippen LogP contribution in [0.3, 0.4) is 0 Å². The van der Waals surface area contributed by atoms with Crippen LogP contribution >= 0.6 is 0 Å². The minimum absolute atomic E-state index is 0.0180. The Morgan fingerprint density at radius 1 is 0.600 bits per heavy atom. The number of hydrogen-bond acceptors (Lipinski definition) is 7. The second kappa shape index (κ2) is 12.3. The molecule has 0 aromatic heterocycles. The van der Waals surface area contributed by atoms with Crippen LogP contribution in [0.1, 0.15) is 77.0 Å². The zero-order chi connectivity index (χ0) is 24.7. The van der Waals surface area contributed by atoms with Crippen LogP contribution in [0.2, 0.25) is 12.1 Å². The van der Waals surface area contributed by atoms with Crippen LogP contribution in [0.5, 0.6) is 0 Å². The van der Waals surface area contributed by atoms with E-state index in [0.717, 1.165) is 38.5 Å². The first kappa shape index (κ1) is 26.8. The van der Waals surface area contributed by atoms with Crippen LogP contribution in [0.15, 0.2) is 9.98 Å². The molecule has 3 heterocycles. The molecule has 4 aliphatic rings. The van der Waals surface area contributed by atoms with Crippen LogP contribution in [0.25, 0.3) is 0 Å². The number of nitrogens with zero attached hydrogens (tertiary/aromatic N) is 2. The van der Waals surface area contributed by atoms with Gasteiger partial charge in [-0.3, -0.25) is 9.98 Å². The van der Waals surface area contributed by atoms with Gasteiger partial charge in [0.15, 0.2) is 11.9 Å². The Labute approximate surface area is 211 Å². The maximum absolute atomic E-state index is 6.83. The van der Waals surface area contributed by atoms with E-state index >= 15 is 0 Å². The number of hydrogen-bond donors (Lipinski definition) is 4. The molecule has 3 aliphatic heterocycles. The number of aliphatic imine (C=N–C) groups is 2. The molecule has 6 atom stereocenters. The zero-order valence-electron chi connectivity index (χ0n) is 20.9. The number of fused-ring (bicyclic) bond motifs is 2. The second-order valence-corrected chi connectivity index (χ2v) is 15.7. The van der Waals surface area contributed by atoms with E-state index in [2.05, 4.69) is 9.98 Å². The van der Waals surface area contributed by atoms with Gasteiger partial charge < -0.3 is 44.8 Å². The van der Waals surface area contributed by atoms with Gasteiger partial charge >= 0.3 is 17.6 Å². The summed E-state index contributed by atoms with van der Waals surface area (Å²) >= 11 is 0. The fourth-order valence-electron chi connectivity index (χ4n) is 5.65. The van der Waals surface area contributed by atoms with Gasteiger partial charge in [0.25, 0.3) is 0 Å². The van der Waals surface area contributed by atoms with Crippen molar-refractivity contribution in [3.05, 3.63) is 0 Å². The normalized spacial score (nSPS) is 37.4. The van der Waals surface area contributed by atoms with E-state index in [1.807, 2.05) is 0 Å². The molecule has 0 spiro atoms. The van der Waals surface area contributed by atoms with Crippen LogP contribution < -0.4 is 22.9 Å². The third-order valence-electron chi connectivity index (χ3n) is 7.26. The summed E-state index contributed by atoms with van der Waals surface area (Å²) in [6, 6.07) is 1.28. The lowest BCUT2D eigenvalue weighted by molar-refractivity contribution is 0.0105. The van der Waals surface area contributed by atoms with Crippen molar-refractivity contribution in [3.8, 4) is 0 Å². The molecule has 8 N–H and O–H groups in total. The largest absolute Gasteiger partial charge is 0.494 e. The predicted molar refractivity (Wildman–Crippen MR) is 138 cm³/mol. The van der Waals surface area contributed by atoms with Crippen molar-refractivity contribution in [3.63, 3.8) is 0 Å². The van der Waals surface area contributed by atoms with Gasteiger partial charge in [-0.2, -0.15) is 0 Å². The summed E-state index contributed by atoms with van der Waals surface area (Å²) in [6.07, 6.45) is 12.9. The standard InChI is InChI=1S/C22H44N6O5Si2/c23-21(24)27-13-9-15-34-29-17-11-7-5-3-1-2-4-6-8-12-18-20(19(17)31-34)32-35(30-18,33-34)16-10-14-28-22(25)26/h17-20H,1-16H2,(H4,23,24,27)(H4,25,26,28). The first-order valence-electron chi connectivity index (χ1n) is 13.4. The molecule has 6 unspecified atom stereocenters. The fourth-order valence-corrected chi connectivity index (χ4v) is 13.7. The smallest absolute Gasteiger partial charge is 0.371 e. The van der Waals surface area contributed by atoms with E-state index in [1.165, 1.54) is 38.5 Å². The van der Waals surface area contributed by atoms with Gasteiger partial charge in [0.1, 0.15) is 12.2 Å². The Kier molecular flexibility index (Phi) is 9.46. The van der Waals surface area contributed by atoms with E-state index in [-0.39, 0.29) is 36.3 Å². The average molecular weight is 529 g/mol. The van der Waals surface area contributed by atoms with Gasteiger partial charge in [-0.05, 0) is 25.7 Å². The summed E-state index contributed by atoms with van der Waals surface area (Å²) in [5, 5.41) is 0. The van der Waals surface area contributed by atoms with E-state index in [9.17, 15) is 0 Å². The lowest BCUT2D eigenvalue weighted by Crippen LogP contribution is -2.55. The van der Waals surface area contributed by atoms with Gasteiger partial charge in [-0.25, -0.2) is 0 Å². The third kappa shape index (κ3) is 7.17. The van der Waals surface area contributed by atoms with Crippen LogP contribution in [-0.4, -0.2) is 67.0 Å². The second-order valence-electron chi connectivity index (χ2n) is 10.2. The molecule has 200 valence electrons. The molecule has 0 aromatic rings. The highest BCUT2D eigenvalue weighted by Gasteiger charge is 2.69. The summed E-state index contributed by atoms with van der Waals surface area (Å²) in [7, 11) is -6.03. The van der Waals surface area contributed by atoms with Crippen molar-refractivity contribution in [1.82, 2.24) is 0 Å². The average Bonchev–Trinajstić information content (AvgIpc) is 3.29. The van der Waals surface area contributed by atoms with Gasteiger partial charge in [0.2, 0.25) is 0 Å². The molecule has 4 bridgehead atoms. The minimum Gasteiger partial charge on any atom is -0.371 e. The Bertz CT molecular complexity index is 696. The van der Waals surface area contributed by atoms with Crippen molar-refractivity contribution >= 4 is 29.5 Å². The van der Waals surface area contributed by atoms with E-state index in [4.69, 9.17) is 44.8 Å². The molecule has 13 heteroatoms. The van der Waals surface area contributed by atoms with Gasteiger partial charge in [0, 0.05) is 25.2 Å². The Morgan fingerprint density at radius 3 is 1.40 bits per heavy atom. The van der Waals surface area contributed by atoms with Crippen molar-refractivity contribution in [1.29, 1.82) is 0 Å². The van der Waals surface area contributed by atoms with Crippen LogP contribution in [0.4, 0.5) is 0 Å². The molecule has 4 rings (SSSR count). The lowest BCUT2D eigenvalue weighted by Gasteiger charge is -2.32. The van der Waals surface area contributed by atoms with E-state index < -0.39 is 17.6 Å². The van der Waals surface area contributed by atoms with Crippen LogP contribution in [-0.2, 0) is 21.8 Å². The maximum atomic E-state index is 6.83. The summed E-state index contributed by atoms with van der Waals surface area (Å²) < 4.78 is 33.9. The number of guanidine groups is 2. The van der Waals surface area contributed by atoms with Crippen molar-refractivity contribution < 1.29 is 21.8 Å². The molecule has 0 aromatic carbocycles. The Morgan fingerprint density at radius 2 is 1.00 bits per heavy atom. The minimum atomic E-state index is -3.02. The molecular formula is C22H44N6O5Si2. The highest BCUT2D eigenvalue weighted by Crippen LogP contribution is 2.48. The Balaban J connectivity index is 1.54. The van der Waals surface area contributed by atoms with E-state index in [0.29, 0.717) is 25.2 Å². The summed E-state index contributed by atoms with van der Waals surface area (Å²) in [5.41, 5.74) is 22.1. The highest BCUT2D eigenvalue weighted by atomic mass is 28.5. The predicted octanol–water partition coefficient (Wildman–Crippen LogP) is 1.70. The number of rotatable bonds is 8. The van der Waals surface area contributed by atoms with Crippen molar-refractivity contribution in [2.75, 3.05) is 13.1 Å². The molecule has 4 fully saturated rings.